The summed E-state index contributed by atoms with van der Waals surface area (Å²) in [4.78, 5) is 0. The molecule has 0 bridgehead atoms. The van der Waals surface area contributed by atoms with Crippen LogP contribution in [0.4, 0.5) is 0 Å². The van der Waals surface area contributed by atoms with Gasteiger partial charge in [0.05, 0.1) is 6.61 Å². The van der Waals surface area contributed by atoms with Gasteiger partial charge in [0.1, 0.15) is 6.10 Å². The van der Waals surface area contributed by atoms with E-state index in [4.69, 9.17) is 9.47 Å². The normalized spacial score (nSPS) is 28.6. The molecule has 1 saturated heterocycles. The molecule has 0 saturated carbocycles. The Morgan fingerprint density at radius 3 is 2.88 bits per heavy atom. The second kappa shape index (κ2) is 2.07. The van der Waals surface area contributed by atoms with Crippen molar-refractivity contribution >= 4 is 0 Å². The summed E-state index contributed by atoms with van der Waals surface area (Å²) in [6, 6.07) is 0. The van der Waals surface area contributed by atoms with Crippen LogP contribution < -0.4 is 0 Å². The first-order chi connectivity index (χ1) is 3.79. The maximum Gasteiger partial charge on any atom is 0.271 e. The van der Waals surface area contributed by atoms with Crippen LogP contribution in [0, 0.1) is 0 Å². The van der Waals surface area contributed by atoms with Gasteiger partial charge >= 0.3 is 0 Å². The zero-order valence-electron chi connectivity index (χ0n) is 5.02. The van der Waals surface area contributed by atoms with Crippen molar-refractivity contribution in [1.82, 2.24) is 0 Å². The van der Waals surface area contributed by atoms with Crippen molar-refractivity contribution in [2.75, 3.05) is 6.61 Å². The monoisotopic (exact) mass is 114 g/mol. The van der Waals surface area contributed by atoms with Gasteiger partial charge in [0.25, 0.3) is 5.95 Å². The van der Waals surface area contributed by atoms with Gasteiger partial charge in [-0.3, -0.25) is 0 Å². The number of hydrogen-bond acceptors (Lipinski definition) is 2. The van der Waals surface area contributed by atoms with E-state index in [1.807, 2.05) is 6.92 Å². The summed E-state index contributed by atoms with van der Waals surface area (Å²) in [7, 11) is 0. The largest absolute Gasteiger partial charge is 0.466 e. The second-order valence-corrected chi connectivity index (χ2v) is 1.94. The Hall–Kier alpha value is -0.660. The molecule has 1 aliphatic rings. The van der Waals surface area contributed by atoms with Crippen LogP contribution in [-0.4, -0.2) is 12.7 Å². The Bertz CT molecular complexity index is 98.7. The molecule has 1 atom stereocenters. The van der Waals surface area contributed by atoms with Crippen molar-refractivity contribution in [2.24, 2.45) is 0 Å². The maximum absolute atomic E-state index is 5.07. The average molecular weight is 114 g/mol. The van der Waals surface area contributed by atoms with E-state index < -0.39 is 0 Å². The van der Waals surface area contributed by atoms with Crippen LogP contribution in [0.25, 0.3) is 0 Å². The van der Waals surface area contributed by atoms with E-state index in [0.29, 0.717) is 5.95 Å². The van der Waals surface area contributed by atoms with E-state index in [1.165, 1.54) is 0 Å². The van der Waals surface area contributed by atoms with Crippen molar-refractivity contribution in [3.63, 3.8) is 0 Å². The lowest BCUT2D eigenvalue weighted by molar-refractivity contribution is -0.0541. The molecule has 1 rings (SSSR count). The zero-order chi connectivity index (χ0) is 5.98. The van der Waals surface area contributed by atoms with Crippen LogP contribution >= 0.6 is 0 Å². The predicted molar refractivity (Wildman–Crippen MR) is 30.3 cm³/mol. The Morgan fingerprint density at radius 1 is 1.75 bits per heavy atom. The van der Waals surface area contributed by atoms with Gasteiger partial charge in [0.15, 0.2) is 0 Å². The Kier molecular flexibility index (Phi) is 1.42. The smallest absolute Gasteiger partial charge is 0.271 e. The molecule has 46 valence electrons. The van der Waals surface area contributed by atoms with Crippen LogP contribution in [0.3, 0.4) is 0 Å². The number of ether oxygens (including phenoxy) is 2. The van der Waals surface area contributed by atoms with E-state index in [9.17, 15) is 0 Å². The van der Waals surface area contributed by atoms with E-state index in [1.54, 1.807) is 0 Å². The van der Waals surface area contributed by atoms with Gasteiger partial charge in [-0.05, 0) is 13.5 Å². The molecule has 2 nitrogen and oxygen atoms in total. The van der Waals surface area contributed by atoms with Gasteiger partial charge in [0.2, 0.25) is 0 Å². The van der Waals surface area contributed by atoms with Crippen LogP contribution in [0.1, 0.15) is 13.3 Å². The Balaban J connectivity index is 2.34. The molecule has 0 aliphatic carbocycles. The molecule has 0 spiro atoms. The van der Waals surface area contributed by atoms with Crippen molar-refractivity contribution in [3.8, 4) is 0 Å². The molecule has 0 N–H and O–H groups in total. The van der Waals surface area contributed by atoms with E-state index >= 15 is 0 Å². The number of rotatable bonds is 0. The molecule has 8 heavy (non-hydrogen) atoms. The van der Waals surface area contributed by atoms with Crippen LogP contribution in [0.5, 0.6) is 0 Å². The van der Waals surface area contributed by atoms with E-state index in [0.717, 1.165) is 13.0 Å². The van der Waals surface area contributed by atoms with Crippen LogP contribution in [-0.2, 0) is 9.47 Å². The van der Waals surface area contributed by atoms with E-state index in [-0.39, 0.29) is 6.10 Å². The summed E-state index contributed by atoms with van der Waals surface area (Å²) in [5.74, 6) is 0.462. The molecule has 0 aromatic carbocycles. The van der Waals surface area contributed by atoms with Crippen molar-refractivity contribution in [1.29, 1.82) is 0 Å². The molecule has 1 aliphatic heterocycles. The molecular formula is C6H10O2. The van der Waals surface area contributed by atoms with Gasteiger partial charge in [0, 0.05) is 6.42 Å². The average Bonchev–Trinajstić information content (AvgIpc) is 1.64. The molecule has 0 aromatic rings. The van der Waals surface area contributed by atoms with Crippen molar-refractivity contribution in [2.45, 2.75) is 19.4 Å². The van der Waals surface area contributed by atoms with Gasteiger partial charge in [-0.1, -0.05) is 0 Å². The lowest BCUT2D eigenvalue weighted by atomic mass is 10.3. The summed E-state index contributed by atoms with van der Waals surface area (Å²) >= 11 is 0. The summed E-state index contributed by atoms with van der Waals surface area (Å²) < 4.78 is 10.0. The number of hydrogen-bond donors (Lipinski definition) is 0. The molecule has 1 heterocycles. The highest BCUT2D eigenvalue weighted by atomic mass is 16.7. The highest BCUT2D eigenvalue weighted by Crippen LogP contribution is 2.11. The van der Waals surface area contributed by atoms with Gasteiger partial charge < -0.3 is 9.47 Å². The molecule has 0 aromatic heterocycles. The third-order valence-corrected chi connectivity index (χ3v) is 1.12. The Morgan fingerprint density at radius 2 is 2.50 bits per heavy atom. The summed E-state index contributed by atoms with van der Waals surface area (Å²) in [5, 5.41) is 0. The molecule has 1 fully saturated rings. The van der Waals surface area contributed by atoms with Gasteiger partial charge in [-0.25, -0.2) is 0 Å². The summed E-state index contributed by atoms with van der Waals surface area (Å²) in [6.07, 6.45) is 1.26. The first-order valence-corrected chi connectivity index (χ1v) is 2.77. The quantitative estimate of drug-likeness (QED) is 0.472. The highest BCUT2D eigenvalue weighted by Gasteiger charge is 2.10. The lowest BCUT2D eigenvalue weighted by Gasteiger charge is -2.21. The zero-order valence-corrected chi connectivity index (χ0v) is 5.02. The minimum absolute atomic E-state index is 0.288. The maximum atomic E-state index is 5.07. The Labute approximate surface area is 49.1 Å². The fourth-order valence-corrected chi connectivity index (χ4v) is 0.656. The molecule has 2 heteroatoms. The third-order valence-electron chi connectivity index (χ3n) is 1.12. The van der Waals surface area contributed by atoms with Crippen molar-refractivity contribution in [3.05, 3.63) is 12.5 Å². The fraction of sp³-hybridized carbons (Fsp3) is 0.667. The van der Waals surface area contributed by atoms with Gasteiger partial charge in [-0.2, -0.15) is 0 Å². The SMILES string of the molecule is C=C1OCCC(C)O1. The first kappa shape index (κ1) is 5.48. The van der Waals surface area contributed by atoms with E-state index in [2.05, 4.69) is 6.58 Å². The standard InChI is InChI=1S/C6H10O2/c1-5-3-4-7-6(2)8-5/h5H,2-4H2,1H3. The third kappa shape index (κ3) is 1.15. The lowest BCUT2D eigenvalue weighted by Crippen LogP contribution is -2.18. The first-order valence-electron chi connectivity index (χ1n) is 2.77. The molecule has 0 amide bonds. The van der Waals surface area contributed by atoms with Crippen LogP contribution in [0.15, 0.2) is 12.5 Å². The highest BCUT2D eigenvalue weighted by molar-refractivity contribution is 4.74. The minimum Gasteiger partial charge on any atom is -0.466 e. The molecular weight excluding hydrogens is 104 g/mol. The predicted octanol–water partition coefficient (Wildman–Crippen LogP) is 1.28. The second-order valence-electron chi connectivity index (χ2n) is 1.94. The fourth-order valence-electron chi connectivity index (χ4n) is 0.656. The topological polar surface area (TPSA) is 18.5 Å². The molecule has 0 radical (unpaired) electrons. The summed E-state index contributed by atoms with van der Waals surface area (Å²) in [6.45, 7) is 6.28. The van der Waals surface area contributed by atoms with Crippen LogP contribution in [0.2, 0.25) is 0 Å². The van der Waals surface area contributed by atoms with Crippen molar-refractivity contribution < 1.29 is 9.47 Å². The summed E-state index contributed by atoms with van der Waals surface area (Å²) in [5.41, 5.74) is 0. The van der Waals surface area contributed by atoms with Gasteiger partial charge in [-0.15, -0.1) is 0 Å². The molecule has 1 unspecified atom stereocenters. The minimum atomic E-state index is 0.288.